The van der Waals surface area contributed by atoms with E-state index >= 15 is 0 Å². The molecule has 2 aromatic rings. The molecule has 0 unspecified atom stereocenters. The summed E-state index contributed by atoms with van der Waals surface area (Å²) in [7, 11) is 0. The molecule has 4 nitrogen and oxygen atoms in total. The summed E-state index contributed by atoms with van der Waals surface area (Å²) in [5, 5.41) is 5.26. The first-order valence-electron chi connectivity index (χ1n) is 6.18. The Bertz CT molecular complexity index is 629. The minimum Gasteiger partial charge on any atom is -0.488 e. The summed E-state index contributed by atoms with van der Waals surface area (Å²) < 4.78 is 19.2. The van der Waals surface area contributed by atoms with Gasteiger partial charge in [-0.05, 0) is 38.5 Å². The summed E-state index contributed by atoms with van der Waals surface area (Å²) in [5.41, 5.74) is 1.96. The number of aromatic nitrogens is 2. The van der Waals surface area contributed by atoms with Crippen molar-refractivity contribution in [2.24, 2.45) is 0 Å². The number of aryl methyl sites for hydroxylation is 1. The van der Waals surface area contributed by atoms with Gasteiger partial charge in [-0.1, -0.05) is 6.07 Å². The normalized spacial score (nSPS) is 11.0. The summed E-state index contributed by atoms with van der Waals surface area (Å²) in [4.78, 5) is 11.5. The Morgan fingerprint density at radius 3 is 2.58 bits per heavy atom. The lowest BCUT2D eigenvalue weighted by molar-refractivity contribution is 0.231. The molecule has 0 bridgehead atoms. The standard InChI is InChI=1S/C14H17FN2O2/c1-8(2)19-13-5-4-10(7-12(13)15)6-11-9(3)16-17-14(11)18/h4-5,7-8H,6H2,1-3H3,(H2,16,17,18). The van der Waals surface area contributed by atoms with Crippen LogP contribution in [0, 0.1) is 12.7 Å². The van der Waals surface area contributed by atoms with Crippen molar-refractivity contribution in [3.63, 3.8) is 0 Å². The number of ether oxygens (including phenoxy) is 1. The maximum Gasteiger partial charge on any atom is 0.267 e. The molecule has 5 heteroatoms. The van der Waals surface area contributed by atoms with Crippen LogP contribution < -0.4 is 10.3 Å². The van der Waals surface area contributed by atoms with Gasteiger partial charge in [-0.15, -0.1) is 0 Å². The molecule has 0 amide bonds. The van der Waals surface area contributed by atoms with Gasteiger partial charge in [0.1, 0.15) is 0 Å². The number of aromatic amines is 2. The van der Waals surface area contributed by atoms with Crippen molar-refractivity contribution in [2.45, 2.75) is 33.3 Å². The molecule has 2 N–H and O–H groups in total. The Labute approximate surface area is 110 Å². The van der Waals surface area contributed by atoms with Crippen LogP contribution in [0.15, 0.2) is 23.0 Å². The second kappa shape index (κ2) is 5.30. The molecule has 19 heavy (non-hydrogen) atoms. The first-order valence-corrected chi connectivity index (χ1v) is 6.18. The number of nitrogens with one attached hydrogen (secondary N) is 2. The highest BCUT2D eigenvalue weighted by Crippen LogP contribution is 2.21. The molecular formula is C14H17FN2O2. The Balaban J connectivity index is 2.23. The third-order valence-corrected chi connectivity index (χ3v) is 2.83. The van der Waals surface area contributed by atoms with E-state index in [2.05, 4.69) is 10.2 Å². The SMILES string of the molecule is Cc1[nH][nH]c(=O)c1Cc1ccc(OC(C)C)c(F)c1. The Morgan fingerprint density at radius 1 is 1.32 bits per heavy atom. The average molecular weight is 264 g/mol. The van der Waals surface area contributed by atoms with Crippen LogP contribution in [0.2, 0.25) is 0 Å². The second-order valence-electron chi connectivity index (χ2n) is 4.79. The van der Waals surface area contributed by atoms with Crippen LogP contribution in [-0.4, -0.2) is 16.3 Å². The first-order chi connectivity index (χ1) is 8.97. The number of halogens is 1. The van der Waals surface area contributed by atoms with Crippen LogP contribution in [0.3, 0.4) is 0 Å². The van der Waals surface area contributed by atoms with E-state index in [0.29, 0.717) is 12.0 Å². The van der Waals surface area contributed by atoms with Gasteiger partial charge in [0.2, 0.25) is 0 Å². The molecule has 0 saturated heterocycles. The van der Waals surface area contributed by atoms with E-state index < -0.39 is 5.82 Å². The van der Waals surface area contributed by atoms with Crippen molar-refractivity contribution in [3.8, 4) is 5.75 Å². The summed E-state index contributed by atoms with van der Waals surface area (Å²) in [6, 6.07) is 4.77. The lowest BCUT2D eigenvalue weighted by atomic mass is 10.1. The van der Waals surface area contributed by atoms with Gasteiger partial charge < -0.3 is 9.84 Å². The quantitative estimate of drug-likeness (QED) is 0.891. The molecule has 0 aliphatic carbocycles. The summed E-state index contributed by atoms with van der Waals surface area (Å²) in [6.45, 7) is 5.49. The molecule has 102 valence electrons. The van der Waals surface area contributed by atoms with E-state index in [-0.39, 0.29) is 17.4 Å². The van der Waals surface area contributed by atoms with Crippen LogP contribution in [0.1, 0.15) is 30.7 Å². The topological polar surface area (TPSA) is 57.9 Å². The van der Waals surface area contributed by atoms with Gasteiger partial charge in [0.25, 0.3) is 5.56 Å². The Morgan fingerprint density at radius 2 is 2.05 bits per heavy atom. The lowest BCUT2D eigenvalue weighted by Crippen LogP contribution is -2.09. The third-order valence-electron chi connectivity index (χ3n) is 2.83. The molecule has 0 radical (unpaired) electrons. The molecule has 1 aromatic heterocycles. The van der Waals surface area contributed by atoms with Gasteiger partial charge in [0.15, 0.2) is 11.6 Å². The summed E-state index contributed by atoms with van der Waals surface area (Å²) >= 11 is 0. The molecular weight excluding hydrogens is 247 g/mol. The number of hydrogen-bond acceptors (Lipinski definition) is 2. The second-order valence-corrected chi connectivity index (χ2v) is 4.79. The van der Waals surface area contributed by atoms with E-state index in [1.807, 2.05) is 13.8 Å². The molecule has 0 fully saturated rings. The molecule has 0 atom stereocenters. The maximum atomic E-state index is 13.8. The van der Waals surface area contributed by atoms with Crippen molar-refractivity contribution in [1.29, 1.82) is 0 Å². The lowest BCUT2D eigenvalue weighted by Gasteiger charge is -2.11. The molecule has 0 saturated carbocycles. The molecule has 0 aliphatic heterocycles. The molecule has 2 rings (SSSR count). The van der Waals surface area contributed by atoms with Crippen molar-refractivity contribution in [2.75, 3.05) is 0 Å². The van der Waals surface area contributed by atoms with E-state index in [9.17, 15) is 9.18 Å². The highest BCUT2D eigenvalue weighted by atomic mass is 19.1. The summed E-state index contributed by atoms with van der Waals surface area (Å²) in [5.74, 6) is -0.172. The molecule has 0 spiro atoms. The highest BCUT2D eigenvalue weighted by molar-refractivity contribution is 5.33. The van der Waals surface area contributed by atoms with Crippen molar-refractivity contribution in [3.05, 3.63) is 51.2 Å². The van der Waals surface area contributed by atoms with Crippen LogP contribution in [0.4, 0.5) is 4.39 Å². The predicted molar refractivity (Wildman–Crippen MR) is 71.1 cm³/mol. The zero-order valence-electron chi connectivity index (χ0n) is 11.2. The molecule has 1 heterocycles. The number of hydrogen-bond donors (Lipinski definition) is 2. The van der Waals surface area contributed by atoms with Crippen LogP contribution in [-0.2, 0) is 6.42 Å². The Kier molecular flexibility index (Phi) is 3.74. The zero-order valence-corrected chi connectivity index (χ0v) is 11.2. The fourth-order valence-corrected chi connectivity index (χ4v) is 1.89. The first kappa shape index (κ1) is 13.4. The predicted octanol–water partition coefficient (Wildman–Crippen LogP) is 2.53. The van der Waals surface area contributed by atoms with E-state index in [4.69, 9.17) is 4.74 Å². The maximum absolute atomic E-state index is 13.8. The van der Waals surface area contributed by atoms with Crippen molar-refractivity contribution < 1.29 is 9.13 Å². The van der Waals surface area contributed by atoms with Gasteiger partial charge in [-0.2, -0.15) is 0 Å². The minimum absolute atomic E-state index is 0.0740. The highest BCUT2D eigenvalue weighted by Gasteiger charge is 2.10. The van der Waals surface area contributed by atoms with Crippen molar-refractivity contribution in [1.82, 2.24) is 10.2 Å². The third kappa shape index (κ3) is 3.05. The smallest absolute Gasteiger partial charge is 0.267 e. The number of H-pyrrole nitrogens is 2. The fourth-order valence-electron chi connectivity index (χ4n) is 1.89. The van der Waals surface area contributed by atoms with Gasteiger partial charge in [0, 0.05) is 17.7 Å². The zero-order chi connectivity index (χ0) is 14.0. The van der Waals surface area contributed by atoms with Gasteiger partial charge >= 0.3 is 0 Å². The minimum atomic E-state index is -0.407. The Hall–Kier alpha value is -2.04. The van der Waals surface area contributed by atoms with Crippen LogP contribution in [0.25, 0.3) is 0 Å². The van der Waals surface area contributed by atoms with Crippen molar-refractivity contribution >= 4 is 0 Å². The largest absolute Gasteiger partial charge is 0.488 e. The molecule has 0 aliphatic rings. The van der Waals surface area contributed by atoms with E-state index in [1.165, 1.54) is 6.07 Å². The molecule has 1 aromatic carbocycles. The number of benzene rings is 1. The number of rotatable bonds is 4. The van der Waals surface area contributed by atoms with E-state index in [1.54, 1.807) is 19.1 Å². The summed E-state index contributed by atoms with van der Waals surface area (Å²) in [6.07, 6.45) is 0.318. The fraction of sp³-hybridized carbons (Fsp3) is 0.357. The van der Waals surface area contributed by atoms with Crippen LogP contribution >= 0.6 is 0 Å². The van der Waals surface area contributed by atoms with Gasteiger partial charge in [-0.3, -0.25) is 9.89 Å². The van der Waals surface area contributed by atoms with Crippen LogP contribution in [0.5, 0.6) is 5.75 Å². The average Bonchev–Trinajstić information content (AvgIpc) is 2.64. The van der Waals surface area contributed by atoms with Gasteiger partial charge in [0.05, 0.1) is 6.10 Å². The van der Waals surface area contributed by atoms with Gasteiger partial charge in [-0.25, -0.2) is 4.39 Å². The monoisotopic (exact) mass is 264 g/mol. The van der Waals surface area contributed by atoms with E-state index in [0.717, 1.165) is 11.3 Å².